The van der Waals surface area contributed by atoms with Gasteiger partial charge in [0.15, 0.2) is 0 Å². The van der Waals surface area contributed by atoms with Crippen LogP contribution in [0.15, 0.2) is 84.9 Å². The number of thiophene rings is 1. The van der Waals surface area contributed by atoms with Crippen LogP contribution in [0.4, 0.5) is 0 Å². The van der Waals surface area contributed by atoms with Gasteiger partial charge < -0.3 is 14.4 Å². The molecule has 198 valence electrons. The van der Waals surface area contributed by atoms with Crippen LogP contribution in [-0.4, -0.2) is 23.1 Å². The molecule has 1 unspecified atom stereocenters. The van der Waals surface area contributed by atoms with E-state index in [0.29, 0.717) is 17.7 Å². The molecule has 0 aliphatic carbocycles. The van der Waals surface area contributed by atoms with Crippen molar-refractivity contribution in [3.63, 3.8) is 0 Å². The largest absolute Gasteiger partial charge is 0.477 e. The number of hydrogen-bond donors (Lipinski definition) is 2. The topological polar surface area (TPSA) is 102 Å². The van der Waals surface area contributed by atoms with Crippen LogP contribution in [0.2, 0.25) is 0 Å². The Morgan fingerprint density at radius 2 is 1.63 bits per heavy atom. The number of carbonyl (C=O) groups is 2. The molecule has 9 heteroatoms. The number of carboxylic acids is 1. The van der Waals surface area contributed by atoms with Crippen molar-refractivity contribution in [2.75, 3.05) is 0 Å². The summed E-state index contributed by atoms with van der Waals surface area (Å²) in [5, 5.41) is 13.1. The Bertz CT molecular complexity index is 1440. The van der Waals surface area contributed by atoms with Gasteiger partial charge >= 0.3 is 19.5 Å². The molecule has 4 rings (SSSR count). The highest BCUT2D eigenvalue weighted by Crippen LogP contribution is 2.48. The van der Waals surface area contributed by atoms with Gasteiger partial charge in [-0.2, -0.15) is 0 Å². The molecule has 1 heterocycles. The Kier molecular flexibility index (Phi) is 9.00. The summed E-state index contributed by atoms with van der Waals surface area (Å²) in [4.78, 5) is 24.8. The Morgan fingerprint density at radius 1 is 0.947 bits per heavy atom. The molecule has 7 nitrogen and oxygen atoms in total. The van der Waals surface area contributed by atoms with E-state index in [-0.39, 0.29) is 23.6 Å². The van der Waals surface area contributed by atoms with Gasteiger partial charge in [0.2, 0.25) is 0 Å². The lowest BCUT2D eigenvalue weighted by atomic mass is 10.1. The molecular weight excluding hydrogens is 521 g/mol. The highest BCUT2D eigenvalue weighted by Gasteiger charge is 2.34. The van der Waals surface area contributed by atoms with E-state index in [1.165, 1.54) is 11.3 Å². The first-order chi connectivity index (χ1) is 18.2. The quantitative estimate of drug-likeness (QED) is 0.143. The molecule has 4 aromatic rings. The zero-order valence-electron chi connectivity index (χ0n) is 21.2. The second-order valence-electron chi connectivity index (χ2n) is 9.43. The monoisotopic (exact) mass is 551 g/mol. The van der Waals surface area contributed by atoms with Gasteiger partial charge in [-0.3, -0.25) is 9.36 Å². The third kappa shape index (κ3) is 7.54. The van der Waals surface area contributed by atoms with E-state index in [4.69, 9.17) is 9.26 Å². The number of carboxylic acid groups (broad SMARTS) is 1. The van der Waals surface area contributed by atoms with Crippen molar-refractivity contribution in [1.29, 1.82) is 0 Å². The molecule has 0 amide bonds. The highest BCUT2D eigenvalue weighted by molar-refractivity contribution is 7.56. The van der Waals surface area contributed by atoms with Crippen molar-refractivity contribution < 1.29 is 28.5 Å². The van der Waals surface area contributed by atoms with Crippen molar-refractivity contribution in [1.82, 2.24) is 5.09 Å². The Labute approximate surface area is 225 Å². The lowest BCUT2D eigenvalue weighted by Crippen LogP contribution is -2.38. The van der Waals surface area contributed by atoms with E-state index in [0.717, 1.165) is 15.6 Å². The highest BCUT2D eigenvalue weighted by atomic mass is 32.1. The first-order valence-electron chi connectivity index (χ1n) is 12.3. The van der Waals surface area contributed by atoms with E-state index < -0.39 is 25.5 Å². The van der Waals surface area contributed by atoms with Gasteiger partial charge in [0, 0.05) is 4.70 Å². The Morgan fingerprint density at radius 3 is 2.29 bits per heavy atom. The number of hydrogen-bond acceptors (Lipinski definition) is 6. The first-order valence-corrected chi connectivity index (χ1v) is 14.9. The number of para-hydroxylation sites is 1. The molecule has 0 saturated heterocycles. The molecule has 0 bridgehead atoms. The standard InChI is InChI=1S/C29H30NO6PS/c1-20(2)15-25(29(33)35-18-21-9-5-3-6-10-21)30-37(34,36-24-11-7-4-8-12-24)19-22-13-14-26-23(16-22)17-27(38-26)28(31)32/h3-14,16-17,20,25H,15,18-19H2,1-2H3,(H,30,34)(H,31,32)/t25-,37?/m0/s1. The summed E-state index contributed by atoms with van der Waals surface area (Å²) in [6.45, 7) is 4.07. The molecule has 38 heavy (non-hydrogen) atoms. The zero-order valence-corrected chi connectivity index (χ0v) is 22.9. The van der Waals surface area contributed by atoms with Crippen LogP contribution in [0.1, 0.15) is 41.1 Å². The van der Waals surface area contributed by atoms with Crippen LogP contribution in [0, 0.1) is 5.92 Å². The molecule has 0 radical (unpaired) electrons. The van der Waals surface area contributed by atoms with Gasteiger partial charge in [-0.15, -0.1) is 11.3 Å². The van der Waals surface area contributed by atoms with Crippen LogP contribution in [0.25, 0.3) is 10.1 Å². The summed E-state index contributed by atoms with van der Waals surface area (Å²) in [5.74, 6) is -0.954. The van der Waals surface area contributed by atoms with Crippen LogP contribution in [-0.2, 0) is 26.9 Å². The third-order valence-electron chi connectivity index (χ3n) is 5.75. The number of ether oxygens (including phenoxy) is 1. The van der Waals surface area contributed by atoms with Crippen molar-refractivity contribution in [2.45, 2.75) is 39.1 Å². The van der Waals surface area contributed by atoms with E-state index in [1.54, 1.807) is 36.4 Å². The molecule has 2 N–H and O–H groups in total. The summed E-state index contributed by atoms with van der Waals surface area (Å²) in [6, 6.07) is 24.4. The molecule has 1 aromatic heterocycles. The fourth-order valence-corrected chi connectivity index (χ4v) is 6.95. The summed E-state index contributed by atoms with van der Waals surface area (Å²) < 4.78 is 26.8. The van der Waals surface area contributed by atoms with E-state index >= 15 is 0 Å². The van der Waals surface area contributed by atoms with Crippen molar-refractivity contribution in [3.8, 4) is 5.75 Å². The molecule has 3 aromatic carbocycles. The number of fused-ring (bicyclic) bond motifs is 1. The number of rotatable bonds is 12. The average Bonchev–Trinajstić information content (AvgIpc) is 3.32. The van der Waals surface area contributed by atoms with E-state index in [1.807, 2.05) is 62.4 Å². The fraction of sp³-hybridized carbons (Fsp3) is 0.241. The van der Waals surface area contributed by atoms with E-state index in [9.17, 15) is 19.3 Å². The molecule has 0 aliphatic heterocycles. The molecule has 0 aliphatic rings. The van der Waals surface area contributed by atoms with Crippen LogP contribution in [0.3, 0.4) is 0 Å². The predicted octanol–water partition coefficient (Wildman–Crippen LogP) is 7.12. The number of carbonyl (C=O) groups excluding carboxylic acids is 1. The summed E-state index contributed by atoms with van der Waals surface area (Å²) in [5.41, 5.74) is 1.55. The second kappa shape index (κ2) is 12.4. The van der Waals surface area contributed by atoms with Crippen molar-refractivity contribution >= 4 is 40.9 Å². The maximum atomic E-state index is 14.3. The maximum Gasteiger partial charge on any atom is 0.345 e. The summed E-state index contributed by atoms with van der Waals surface area (Å²) in [7, 11) is -3.68. The zero-order chi connectivity index (χ0) is 27.1. The Hall–Kier alpha value is -3.45. The average molecular weight is 552 g/mol. The van der Waals surface area contributed by atoms with Gasteiger partial charge in [-0.1, -0.05) is 68.4 Å². The number of nitrogens with one attached hydrogen (secondary N) is 1. The SMILES string of the molecule is CC(C)C[C@H](NP(=O)(Cc1ccc2sc(C(=O)O)cc2c1)Oc1ccccc1)C(=O)OCc1ccccc1. The van der Waals surface area contributed by atoms with Gasteiger partial charge in [0.1, 0.15) is 23.3 Å². The minimum atomic E-state index is -3.68. The first kappa shape index (κ1) is 27.6. The van der Waals surface area contributed by atoms with Crippen LogP contribution >= 0.6 is 18.9 Å². The van der Waals surface area contributed by atoms with Crippen LogP contribution < -0.4 is 9.61 Å². The second-order valence-corrected chi connectivity index (χ2v) is 12.6. The molecule has 0 saturated carbocycles. The molecule has 2 atom stereocenters. The minimum Gasteiger partial charge on any atom is -0.477 e. The van der Waals surface area contributed by atoms with E-state index in [2.05, 4.69) is 5.09 Å². The van der Waals surface area contributed by atoms with Gasteiger partial charge in [-0.25, -0.2) is 9.88 Å². The smallest absolute Gasteiger partial charge is 0.345 e. The Balaban J connectivity index is 1.60. The summed E-state index contributed by atoms with van der Waals surface area (Å²) >= 11 is 1.18. The van der Waals surface area contributed by atoms with Gasteiger partial charge in [0.25, 0.3) is 0 Å². The number of benzene rings is 3. The third-order valence-corrected chi connectivity index (χ3v) is 8.84. The maximum absolute atomic E-state index is 14.3. The number of esters is 1. The summed E-state index contributed by atoms with van der Waals surface area (Å²) in [6.07, 6.45) is 0.401. The normalized spacial score (nSPS) is 13.7. The lowest BCUT2D eigenvalue weighted by molar-refractivity contribution is -0.147. The lowest BCUT2D eigenvalue weighted by Gasteiger charge is -2.26. The van der Waals surface area contributed by atoms with Crippen molar-refractivity contribution in [2.24, 2.45) is 5.92 Å². The number of aromatic carboxylic acids is 1. The van der Waals surface area contributed by atoms with Crippen molar-refractivity contribution in [3.05, 3.63) is 101 Å². The predicted molar refractivity (Wildman–Crippen MR) is 150 cm³/mol. The van der Waals surface area contributed by atoms with Gasteiger partial charge in [-0.05, 0) is 59.2 Å². The van der Waals surface area contributed by atoms with Crippen LogP contribution in [0.5, 0.6) is 5.75 Å². The minimum absolute atomic E-state index is 0.00333. The molecular formula is C29H30NO6PS. The molecule has 0 spiro atoms. The fourth-order valence-electron chi connectivity index (χ4n) is 4.03. The van der Waals surface area contributed by atoms with Gasteiger partial charge in [0.05, 0.1) is 6.16 Å². The molecule has 0 fully saturated rings.